The third kappa shape index (κ3) is 4.02. The Bertz CT molecular complexity index is 1080. The predicted octanol–water partition coefficient (Wildman–Crippen LogP) is 4.03. The van der Waals surface area contributed by atoms with Crippen LogP contribution < -0.4 is 5.32 Å². The molecule has 0 saturated heterocycles. The SMILES string of the molecule is C[C@H](NC(=O)CSc1nnnn1-c1ccc(Cl)cc1)c1cc2ccccc2o1. The van der Waals surface area contributed by atoms with E-state index in [9.17, 15) is 4.79 Å². The molecule has 0 unspecified atom stereocenters. The van der Waals surface area contributed by atoms with Gasteiger partial charge in [0.1, 0.15) is 11.3 Å². The van der Waals surface area contributed by atoms with Crippen molar-refractivity contribution >= 4 is 40.2 Å². The van der Waals surface area contributed by atoms with Gasteiger partial charge in [-0.3, -0.25) is 4.79 Å². The molecule has 0 spiro atoms. The summed E-state index contributed by atoms with van der Waals surface area (Å²) in [4.78, 5) is 12.4. The molecule has 0 saturated carbocycles. The van der Waals surface area contributed by atoms with E-state index in [0.717, 1.165) is 16.7 Å². The number of furan rings is 1. The highest BCUT2D eigenvalue weighted by Crippen LogP contribution is 2.24. The standard InChI is InChI=1S/C19H16ClN5O2S/c1-12(17-10-13-4-2-3-5-16(13)27-17)21-18(26)11-28-19-22-23-24-25(19)15-8-6-14(20)7-9-15/h2-10,12H,11H2,1H3,(H,21,26)/t12-/m0/s1. The number of nitrogens with zero attached hydrogens (tertiary/aromatic N) is 4. The highest BCUT2D eigenvalue weighted by molar-refractivity contribution is 7.99. The molecule has 0 bridgehead atoms. The number of thioether (sulfide) groups is 1. The molecule has 2 aromatic heterocycles. The number of benzene rings is 2. The van der Waals surface area contributed by atoms with Crippen LogP contribution in [0, 0.1) is 0 Å². The van der Waals surface area contributed by atoms with E-state index in [2.05, 4.69) is 20.8 Å². The summed E-state index contributed by atoms with van der Waals surface area (Å²) in [6.07, 6.45) is 0. The third-order valence-corrected chi connectivity index (χ3v) is 5.26. The Morgan fingerprint density at radius 1 is 1.25 bits per heavy atom. The first-order valence-corrected chi connectivity index (χ1v) is 9.91. The molecule has 0 fully saturated rings. The van der Waals surface area contributed by atoms with Gasteiger partial charge in [-0.05, 0) is 53.7 Å². The molecule has 1 N–H and O–H groups in total. The smallest absolute Gasteiger partial charge is 0.231 e. The first-order valence-electron chi connectivity index (χ1n) is 8.55. The number of hydrogen-bond donors (Lipinski definition) is 1. The lowest BCUT2D eigenvalue weighted by Crippen LogP contribution is -2.28. The third-order valence-electron chi connectivity index (χ3n) is 4.09. The lowest BCUT2D eigenvalue weighted by atomic mass is 10.2. The molecule has 28 heavy (non-hydrogen) atoms. The lowest BCUT2D eigenvalue weighted by Gasteiger charge is -2.11. The van der Waals surface area contributed by atoms with E-state index in [1.807, 2.05) is 49.4 Å². The molecule has 142 valence electrons. The number of carbonyl (C=O) groups excluding carboxylic acids is 1. The number of halogens is 1. The molecule has 0 radical (unpaired) electrons. The van der Waals surface area contributed by atoms with Gasteiger partial charge in [-0.15, -0.1) is 5.10 Å². The van der Waals surface area contributed by atoms with Gasteiger partial charge >= 0.3 is 0 Å². The number of hydrogen-bond acceptors (Lipinski definition) is 6. The minimum absolute atomic E-state index is 0.136. The van der Waals surface area contributed by atoms with Crippen molar-refractivity contribution in [1.82, 2.24) is 25.5 Å². The van der Waals surface area contributed by atoms with E-state index in [4.69, 9.17) is 16.0 Å². The van der Waals surface area contributed by atoms with E-state index < -0.39 is 0 Å². The first kappa shape index (κ1) is 18.5. The number of tetrazole rings is 1. The minimum Gasteiger partial charge on any atom is -0.459 e. The largest absolute Gasteiger partial charge is 0.459 e. The van der Waals surface area contributed by atoms with Gasteiger partial charge in [0.25, 0.3) is 0 Å². The van der Waals surface area contributed by atoms with Crippen molar-refractivity contribution in [1.29, 1.82) is 0 Å². The Balaban J connectivity index is 1.38. The van der Waals surface area contributed by atoms with Gasteiger partial charge in [0, 0.05) is 10.4 Å². The summed E-state index contributed by atoms with van der Waals surface area (Å²) in [5.74, 6) is 0.757. The van der Waals surface area contributed by atoms with Crippen molar-refractivity contribution < 1.29 is 9.21 Å². The average molecular weight is 414 g/mol. The molecule has 0 aliphatic heterocycles. The second-order valence-electron chi connectivity index (χ2n) is 6.11. The Morgan fingerprint density at radius 3 is 2.82 bits per heavy atom. The van der Waals surface area contributed by atoms with Crippen LogP contribution in [0.2, 0.25) is 5.02 Å². The Hall–Kier alpha value is -2.84. The molecular formula is C19H16ClN5O2S. The summed E-state index contributed by atoms with van der Waals surface area (Å²) < 4.78 is 7.37. The second-order valence-corrected chi connectivity index (χ2v) is 7.49. The fourth-order valence-electron chi connectivity index (χ4n) is 2.71. The van der Waals surface area contributed by atoms with E-state index in [-0.39, 0.29) is 17.7 Å². The maximum Gasteiger partial charge on any atom is 0.231 e. The molecule has 4 rings (SSSR count). The first-order chi connectivity index (χ1) is 13.6. The van der Waals surface area contributed by atoms with Crippen LogP contribution in [0.25, 0.3) is 16.7 Å². The molecule has 2 heterocycles. The maximum absolute atomic E-state index is 12.4. The molecule has 1 atom stereocenters. The van der Waals surface area contributed by atoms with Crippen LogP contribution in [0.3, 0.4) is 0 Å². The Kier molecular flexibility index (Phi) is 5.31. The number of rotatable bonds is 6. The minimum atomic E-state index is -0.243. The van der Waals surface area contributed by atoms with Crippen LogP contribution >= 0.6 is 23.4 Å². The number of nitrogens with one attached hydrogen (secondary N) is 1. The normalized spacial score (nSPS) is 12.2. The van der Waals surface area contributed by atoms with E-state index >= 15 is 0 Å². The van der Waals surface area contributed by atoms with Crippen molar-refractivity contribution in [3.63, 3.8) is 0 Å². The van der Waals surface area contributed by atoms with Gasteiger partial charge in [0.2, 0.25) is 11.1 Å². The Labute approximate surface area is 170 Å². The van der Waals surface area contributed by atoms with E-state index in [1.54, 1.807) is 16.8 Å². The number of amides is 1. The lowest BCUT2D eigenvalue weighted by molar-refractivity contribution is -0.119. The Morgan fingerprint density at radius 2 is 2.04 bits per heavy atom. The predicted molar refractivity (Wildman–Crippen MR) is 108 cm³/mol. The number of fused-ring (bicyclic) bond motifs is 1. The number of aromatic nitrogens is 4. The van der Waals surface area contributed by atoms with E-state index in [1.165, 1.54) is 11.8 Å². The fourth-order valence-corrected chi connectivity index (χ4v) is 3.54. The number of carbonyl (C=O) groups is 1. The topological polar surface area (TPSA) is 85.8 Å². The zero-order valence-corrected chi connectivity index (χ0v) is 16.4. The van der Waals surface area contributed by atoms with Gasteiger partial charge in [-0.2, -0.15) is 4.68 Å². The molecular weight excluding hydrogens is 398 g/mol. The van der Waals surface area contributed by atoms with E-state index in [0.29, 0.717) is 15.9 Å². The van der Waals surface area contributed by atoms with Crippen molar-refractivity contribution in [2.75, 3.05) is 5.75 Å². The van der Waals surface area contributed by atoms with Crippen LogP contribution in [0.15, 0.2) is 64.2 Å². The van der Waals surface area contributed by atoms with Gasteiger partial charge in [0.05, 0.1) is 17.5 Å². The van der Waals surface area contributed by atoms with Crippen LogP contribution in [0.5, 0.6) is 0 Å². The van der Waals surface area contributed by atoms with Crippen LogP contribution in [-0.2, 0) is 4.79 Å². The summed E-state index contributed by atoms with van der Waals surface area (Å²) in [5.41, 5.74) is 1.57. The second kappa shape index (κ2) is 8.04. The van der Waals surface area contributed by atoms with Crippen LogP contribution in [0.4, 0.5) is 0 Å². The average Bonchev–Trinajstić information content (AvgIpc) is 3.34. The highest BCUT2D eigenvalue weighted by Gasteiger charge is 2.16. The summed E-state index contributed by atoms with van der Waals surface area (Å²) in [6.45, 7) is 1.89. The maximum atomic E-state index is 12.4. The molecule has 4 aromatic rings. The summed E-state index contributed by atoms with van der Waals surface area (Å²) in [7, 11) is 0. The molecule has 2 aromatic carbocycles. The number of para-hydroxylation sites is 1. The zero-order valence-electron chi connectivity index (χ0n) is 14.9. The monoisotopic (exact) mass is 413 g/mol. The van der Waals surface area contributed by atoms with Gasteiger partial charge in [-0.25, -0.2) is 0 Å². The van der Waals surface area contributed by atoms with Crippen molar-refractivity contribution in [2.45, 2.75) is 18.1 Å². The summed E-state index contributed by atoms with van der Waals surface area (Å²) in [5, 5.41) is 16.8. The zero-order chi connectivity index (χ0) is 19.5. The quantitative estimate of drug-likeness (QED) is 0.480. The van der Waals surface area contributed by atoms with Crippen molar-refractivity contribution in [3.8, 4) is 5.69 Å². The molecule has 7 nitrogen and oxygen atoms in total. The molecule has 0 aliphatic rings. The van der Waals surface area contributed by atoms with Crippen LogP contribution in [0.1, 0.15) is 18.7 Å². The summed E-state index contributed by atoms with van der Waals surface area (Å²) in [6, 6.07) is 16.6. The highest BCUT2D eigenvalue weighted by atomic mass is 35.5. The van der Waals surface area contributed by atoms with Crippen molar-refractivity contribution in [2.24, 2.45) is 0 Å². The van der Waals surface area contributed by atoms with Crippen LogP contribution in [-0.4, -0.2) is 31.9 Å². The summed E-state index contributed by atoms with van der Waals surface area (Å²) >= 11 is 7.17. The fraction of sp³-hybridized carbons (Fsp3) is 0.158. The molecule has 0 aliphatic carbocycles. The van der Waals surface area contributed by atoms with Gasteiger partial charge in [0.15, 0.2) is 0 Å². The molecule has 1 amide bonds. The molecule has 9 heteroatoms. The van der Waals surface area contributed by atoms with Gasteiger partial charge in [-0.1, -0.05) is 41.6 Å². The van der Waals surface area contributed by atoms with Crippen molar-refractivity contribution in [3.05, 3.63) is 65.4 Å². The van der Waals surface area contributed by atoms with Gasteiger partial charge < -0.3 is 9.73 Å².